The average molecular weight is 289 g/mol. The van der Waals surface area contributed by atoms with Gasteiger partial charge >= 0.3 is 0 Å². The van der Waals surface area contributed by atoms with Gasteiger partial charge in [-0.3, -0.25) is 0 Å². The molecule has 0 amide bonds. The van der Waals surface area contributed by atoms with Crippen molar-refractivity contribution in [2.75, 3.05) is 0 Å². The van der Waals surface area contributed by atoms with Gasteiger partial charge in [-0.1, -0.05) is 27.7 Å². The second-order valence-corrected chi connectivity index (χ2v) is 7.74. The van der Waals surface area contributed by atoms with Gasteiger partial charge in [0.2, 0.25) is 0 Å². The maximum atomic E-state index is 5.99. The van der Waals surface area contributed by atoms with E-state index < -0.39 is 0 Å². The molecule has 0 radical (unpaired) electrons. The molecule has 1 atom stereocenters. The summed E-state index contributed by atoms with van der Waals surface area (Å²) in [5, 5.41) is 0. The first-order valence-electron chi connectivity index (χ1n) is 8.46. The Hall–Kier alpha value is -0.960. The van der Waals surface area contributed by atoms with Gasteiger partial charge in [-0.15, -0.1) is 0 Å². The van der Waals surface area contributed by atoms with E-state index >= 15 is 0 Å². The highest BCUT2D eigenvalue weighted by molar-refractivity contribution is 5.09. The third-order valence-electron chi connectivity index (χ3n) is 5.06. The number of nitrogens with zero attached hydrogens (tertiary/aromatic N) is 2. The number of hydrogen-bond acceptors (Lipinski definition) is 3. The summed E-state index contributed by atoms with van der Waals surface area (Å²) in [4.78, 5) is 9.22. The van der Waals surface area contributed by atoms with Crippen LogP contribution in [0.25, 0.3) is 0 Å². The maximum Gasteiger partial charge on any atom is 0.131 e. The molecule has 1 aromatic heterocycles. The van der Waals surface area contributed by atoms with Crippen molar-refractivity contribution in [1.29, 1.82) is 0 Å². The van der Waals surface area contributed by atoms with Gasteiger partial charge in [0, 0.05) is 24.4 Å². The first-order chi connectivity index (χ1) is 9.90. The van der Waals surface area contributed by atoms with Gasteiger partial charge in [0.15, 0.2) is 0 Å². The molecule has 3 heteroatoms. The molecule has 0 spiro atoms. The lowest BCUT2D eigenvalue weighted by Gasteiger charge is -2.36. The molecule has 2 N–H and O–H groups in total. The summed E-state index contributed by atoms with van der Waals surface area (Å²) >= 11 is 0. The van der Waals surface area contributed by atoms with Crippen LogP contribution >= 0.6 is 0 Å². The topological polar surface area (TPSA) is 51.8 Å². The van der Waals surface area contributed by atoms with E-state index in [2.05, 4.69) is 37.7 Å². The Morgan fingerprint density at radius 1 is 1.14 bits per heavy atom. The molecule has 1 heterocycles. The normalized spacial score (nSPS) is 24.8. The van der Waals surface area contributed by atoms with Crippen LogP contribution in [0.5, 0.6) is 0 Å². The fourth-order valence-corrected chi connectivity index (χ4v) is 3.35. The van der Waals surface area contributed by atoms with Gasteiger partial charge in [0.1, 0.15) is 5.82 Å². The molecular weight excluding hydrogens is 258 g/mol. The fourth-order valence-electron chi connectivity index (χ4n) is 3.35. The van der Waals surface area contributed by atoms with E-state index in [1.807, 2.05) is 12.4 Å². The maximum absolute atomic E-state index is 5.99. The molecule has 1 saturated carbocycles. The highest BCUT2D eigenvalue weighted by Gasteiger charge is 2.31. The van der Waals surface area contributed by atoms with Crippen LogP contribution in [0.4, 0.5) is 0 Å². The summed E-state index contributed by atoms with van der Waals surface area (Å²) < 4.78 is 0. The van der Waals surface area contributed by atoms with E-state index in [1.54, 1.807) is 0 Å². The summed E-state index contributed by atoms with van der Waals surface area (Å²) in [5.74, 6) is 2.43. The van der Waals surface area contributed by atoms with E-state index in [0.29, 0.717) is 11.3 Å². The molecule has 1 unspecified atom stereocenters. The Labute approximate surface area is 129 Å². The van der Waals surface area contributed by atoms with Crippen LogP contribution in [0.2, 0.25) is 0 Å². The van der Waals surface area contributed by atoms with Crippen molar-refractivity contribution in [3.05, 3.63) is 23.8 Å². The van der Waals surface area contributed by atoms with Gasteiger partial charge in [-0.2, -0.15) is 0 Å². The van der Waals surface area contributed by atoms with E-state index in [-0.39, 0.29) is 6.04 Å². The van der Waals surface area contributed by atoms with Crippen molar-refractivity contribution in [3.8, 4) is 0 Å². The molecular formula is C18H31N3. The van der Waals surface area contributed by atoms with Gasteiger partial charge in [0.25, 0.3) is 0 Å². The van der Waals surface area contributed by atoms with Gasteiger partial charge in [0.05, 0.1) is 0 Å². The van der Waals surface area contributed by atoms with Crippen molar-refractivity contribution >= 4 is 0 Å². The predicted molar refractivity (Wildman–Crippen MR) is 88.2 cm³/mol. The highest BCUT2D eigenvalue weighted by Crippen LogP contribution is 2.42. The Morgan fingerprint density at radius 2 is 1.71 bits per heavy atom. The van der Waals surface area contributed by atoms with Gasteiger partial charge in [-0.05, 0) is 55.4 Å². The number of hydrogen-bond donors (Lipinski definition) is 1. The van der Waals surface area contributed by atoms with Crippen molar-refractivity contribution in [1.82, 2.24) is 9.97 Å². The molecule has 0 aromatic carbocycles. The first-order valence-corrected chi connectivity index (χ1v) is 8.46. The average Bonchev–Trinajstić information content (AvgIpc) is 2.47. The van der Waals surface area contributed by atoms with Crippen LogP contribution in [0.3, 0.4) is 0 Å². The lowest BCUT2D eigenvalue weighted by Crippen LogP contribution is -2.26. The minimum Gasteiger partial charge on any atom is -0.327 e. The fraction of sp³-hybridized carbons (Fsp3) is 0.778. The lowest BCUT2D eigenvalue weighted by molar-refractivity contribution is 0.167. The summed E-state index contributed by atoms with van der Waals surface area (Å²) in [7, 11) is 0. The zero-order valence-electron chi connectivity index (χ0n) is 14.1. The van der Waals surface area contributed by atoms with Gasteiger partial charge < -0.3 is 5.73 Å². The van der Waals surface area contributed by atoms with Crippen LogP contribution < -0.4 is 5.73 Å². The molecule has 0 saturated heterocycles. The second-order valence-electron chi connectivity index (χ2n) is 7.74. The van der Waals surface area contributed by atoms with E-state index in [4.69, 9.17) is 5.73 Å². The Bertz CT molecular complexity index is 425. The molecule has 0 aliphatic heterocycles. The third kappa shape index (κ3) is 4.50. The smallest absolute Gasteiger partial charge is 0.131 e. The number of rotatable bonds is 4. The van der Waals surface area contributed by atoms with Crippen molar-refractivity contribution in [2.24, 2.45) is 17.1 Å². The molecule has 1 aliphatic carbocycles. The van der Waals surface area contributed by atoms with Crippen molar-refractivity contribution in [3.63, 3.8) is 0 Å². The zero-order valence-corrected chi connectivity index (χ0v) is 14.1. The van der Waals surface area contributed by atoms with Crippen LogP contribution in [0.1, 0.15) is 77.1 Å². The number of nitrogens with two attached hydrogens (primary N) is 1. The van der Waals surface area contributed by atoms with Crippen molar-refractivity contribution < 1.29 is 0 Å². The van der Waals surface area contributed by atoms with E-state index in [0.717, 1.165) is 30.1 Å². The van der Waals surface area contributed by atoms with Crippen LogP contribution in [0.15, 0.2) is 12.4 Å². The summed E-state index contributed by atoms with van der Waals surface area (Å²) in [6.45, 7) is 9.20. The van der Waals surface area contributed by atoms with E-state index in [1.165, 1.54) is 25.7 Å². The minimum atomic E-state index is 0.224. The standard InChI is InChI=1S/C18H31N3/c1-5-16(19)10-13-11-20-17(21-12-13)14-6-8-15(9-7-14)18(2,3)4/h11-12,14-16H,5-10,19H2,1-4H3. The molecule has 118 valence electrons. The Balaban J connectivity index is 1.92. The monoisotopic (exact) mass is 289 g/mol. The minimum absolute atomic E-state index is 0.224. The molecule has 21 heavy (non-hydrogen) atoms. The first kappa shape index (κ1) is 16.4. The zero-order chi connectivity index (χ0) is 15.5. The summed E-state index contributed by atoms with van der Waals surface area (Å²) in [5.41, 5.74) is 7.59. The lowest BCUT2D eigenvalue weighted by atomic mass is 9.70. The molecule has 1 fully saturated rings. The quantitative estimate of drug-likeness (QED) is 0.908. The SMILES string of the molecule is CCC(N)Cc1cnc(C2CCC(C(C)(C)C)CC2)nc1. The van der Waals surface area contributed by atoms with Crippen LogP contribution in [0, 0.1) is 11.3 Å². The highest BCUT2D eigenvalue weighted by atomic mass is 14.9. The van der Waals surface area contributed by atoms with Crippen molar-refractivity contribution in [2.45, 2.75) is 78.2 Å². The molecule has 2 rings (SSSR count). The summed E-state index contributed by atoms with van der Waals surface area (Å²) in [6, 6.07) is 0.224. The number of aromatic nitrogens is 2. The predicted octanol–water partition coefficient (Wildman–Crippen LogP) is 4.08. The molecule has 0 bridgehead atoms. The molecule has 3 nitrogen and oxygen atoms in total. The van der Waals surface area contributed by atoms with Gasteiger partial charge in [-0.25, -0.2) is 9.97 Å². The largest absolute Gasteiger partial charge is 0.327 e. The van der Waals surface area contributed by atoms with Crippen LogP contribution in [-0.2, 0) is 6.42 Å². The second kappa shape index (κ2) is 6.87. The molecule has 1 aliphatic rings. The summed E-state index contributed by atoms with van der Waals surface area (Å²) in [6.07, 6.45) is 10.9. The molecule has 1 aromatic rings. The van der Waals surface area contributed by atoms with E-state index in [9.17, 15) is 0 Å². The Kier molecular flexibility index (Phi) is 5.37. The third-order valence-corrected chi connectivity index (χ3v) is 5.06. The Morgan fingerprint density at radius 3 is 2.19 bits per heavy atom. The van der Waals surface area contributed by atoms with Crippen LogP contribution in [-0.4, -0.2) is 16.0 Å².